The summed E-state index contributed by atoms with van der Waals surface area (Å²) >= 11 is 0. The van der Waals surface area contributed by atoms with Crippen molar-refractivity contribution in [2.24, 2.45) is 0 Å². The van der Waals surface area contributed by atoms with Gasteiger partial charge >= 0.3 is 44.4 Å². The highest BCUT2D eigenvalue weighted by Gasteiger charge is 2.58. The highest BCUT2D eigenvalue weighted by atomic mass is 19.4. The van der Waals surface area contributed by atoms with E-state index in [0.29, 0.717) is 6.42 Å². The summed E-state index contributed by atoms with van der Waals surface area (Å²) in [5, 5.41) is 0. The molecule has 0 bridgehead atoms. The average Bonchev–Trinajstić information content (AvgIpc) is 3.14. The van der Waals surface area contributed by atoms with E-state index in [1.54, 1.807) is 6.92 Å². The van der Waals surface area contributed by atoms with Crippen LogP contribution in [0.4, 0.5) is 79.0 Å². The lowest BCUT2D eigenvalue weighted by molar-refractivity contribution is -1.04. The van der Waals surface area contributed by atoms with Crippen LogP contribution in [0.2, 0.25) is 0 Å². The zero-order valence-corrected chi connectivity index (χ0v) is 33.8. The summed E-state index contributed by atoms with van der Waals surface area (Å²) in [7, 11) is -3.38. The molecule has 0 heterocycles. The van der Waals surface area contributed by atoms with E-state index >= 15 is 13.2 Å². The van der Waals surface area contributed by atoms with Gasteiger partial charge in [-0.05, 0) is 75.2 Å². The van der Waals surface area contributed by atoms with Crippen molar-refractivity contribution in [2.75, 3.05) is 26.3 Å². The van der Waals surface area contributed by atoms with Crippen molar-refractivity contribution in [3.8, 4) is 17.2 Å². The lowest BCUT2D eigenvalue weighted by atomic mass is 9.89. The van der Waals surface area contributed by atoms with Crippen molar-refractivity contribution in [1.82, 2.24) is 0 Å². The molecule has 2 unspecified atom stereocenters. The van der Waals surface area contributed by atoms with Crippen LogP contribution in [0.15, 0.2) is 48.5 Å². The number of halogens is 18. The van der Waals surface area contributed by atoms with Crippen LogP contribution in [-0.2, 0) is 52.3 Å². The van der Waals surface area contributed by atoms with Crippen molar-refractivity contribution in [1.29, 1.82) is 0 Å². The average molecular weight is 943 g/mol. The minimum atomic E-state index is -5.79. The van der Waals surface area contributed by atoms with E-state index in [1.165, 1.54) is 27.7 Å². The molecule has 6 nitrogen and oxygen atoms in total. The van der Waals surface area contributed by atoms with Gasteiger partial charge < -0.3 is 23.4 Å². The maximum Gasteiger partial charge on any atom is 0.864 e. The molecule has 0 fully saturated rings. The summed E-state index contributed by atoms with van der Waals surface area (Å²) in [4.78, 5) is 0. The van der Waals surface area contributed by atoms with Crippen LogP contribution < -0.4 is 14.0 Å². The highest BCUT2D eigenvalue weighted by Crippen LogP contribution is 2.51. The summed E-state index contributed by atoms with van der Waals surface area (Å²) in [6, 6.07) is -2.08. The predicted molar refractivity (Wildman–Crippen MR) is 188 cm³/mol. The van der Waals surface area contributed by atoms with E-state index in [4.69, 9.17) is 23.4 Å². The van der Waals surface area contributed by atoms with Crippen molar-refractivity contribution in [2.45, 2.75) is 103 Å². The van der Waals surface area contributed by atoms with Crippen molar-refractivity contribution < 1.29 is 107 Å². The Bertz CT molecular complexity index is 1860. The number of alkyl halides is 18. The first-order valence-electron chi connectivity index (χ1n) is 18.6. The smallest absolute Gasteiger partial charge is 0.490 e. The number of hydrogen-bond donors (Lipinski definition) is 0. The zero-order chi connectivity index (χ0) is 48.4. The fourth-order valence-electron chi connectivity index (χ4n) is 6.80. The van der Waals surface area contributed by atoms with Crippen LogP contribution in [-0.4, -0.2) is 44.3 Å². The van der Waals surface area contributed by atoms with Gasteiger partial charge in [0.2, 0.25) is 5.72 Å². The third-order valence-electron chi connectivity index (χ3n) is 9.83. The molecule has 0 amide bonds. The Kier molecular flexibility index (Phi) is 16.1. The maximum absolute atomic E-state index is 15.3. The third kappa shape index (κ3) is 12.5. The predicted octanol–water partition coefficient (Wildman–Crippen LogP) is 13.5. The van der Waals surface area contributed by atoms with Gasteiger partial charge in [-0.3, -0.25) is 4.48 Å². The Morgan fingerprint density at radius 2 is 0.857 bits per heavy atom. The molecule has 0 radical (unpaired) electrons. The van der Waals surface area contributed by atoms with Gasteiger partial charge in [-0.1, -0.05) is 13.8 Å². The number of ether oxygens (including phenoxy) is 2. The van der Waals surface area contributed by atoms with E-state index < -0.39 is 136 Å². The van der Waals surface area contributed by atoms with Crippen molar-refractivity contribution in [3.63, 3.8) is 0 Å². The number of hydrogen-bond acceptors (Lipinski definition) is 5. The second kappa shape index (κ2) is 19.1. The fraction of sp³-hybridized carbons (Fsp3) is 0.526. The summed E-state index contributed by atoms with van der Waals surface area (Å²) in [5.74, 6) is -4.90. The van der Waals surface area contributed by atoms with Gasteiger partial charge in [-0.2, -0.15) is 79.0 Å². The lowest BCUT2D eigenvalue weighted by Crippen LogP contribution is -2.67. The van der Waals surface area contributed by atoms with E-state index in [2.05, 4.69) is 0 Å². The fourth-order valence-corrected chi connectivity index (χ4v) is 6.80. The molecule has 63 heavy (non-hydrogen) atoms. The monoisotopic (exact) mass is 942 g/mol. The Hall–Kier alpha value is -4.26. The van der Waals surface area contributed by atoms with Gasteiger partial charge in [-0.25, -0.2) is 0 Å². The SMILES string of the molecule is CCCOC(C)[N+](CC)(CC)C(C)(OCCC)c1c(OB(Oc2cc(C(F)(F)F)cc(C(F)(F)F)c2)Oc2cc(C(F)(F)F)cc(C(F)(F)F)c2)cc(C(F)(F)F)cc1C(F)(F)F. The zero-order valence-electron chi connectivity index (χ0n) is 33.8. The first kappa shape index (κ1) is 53.1. The molecular weight excluding hydrogens is 903 g/mol. The Labute approximate surface area is 348 Å². The summed E-state index contributed by atoms with van der Waals surface area (Å²) < 4.78 is 282. The number of benzene rings is 3. The highest BCUT2D eigenvalue weighted by molar-refractivity contribution is 6.39. The molecule has 3 aromatic carbocycles. The van der Waals surface area contributed by atoms with Gasteiger partial charge in [0.25, 0.3) is 0 Å². The molecule has 2 atom stereocenters. The molecule has 3 aromatic rings. The largest absolute Gasteiger partial charge is 0.864 e. The second-order valence-electron chi connectivity index (χ2n) is 14.0. The van der Waals surface area contributed by atoms with Crippen LogP contribution in [0.5, 0.6) is 17.2 Å². The summed E-state index contributed by atoms with van der Waals surface area (Å²) in [5.41, 5.74) is -16.7. The van der Waals surface area contributed by atoms with Gasteiger partial charge in [0.15, 0.2) is 6.23 Å². The second-order valence-corrected chi connectivity index (χ2v) is 14.0. The Morgan fingerprint density at radius 1 is 0.492 bits per heavy atom. The minimum absolute atomic E-state index is 0.0227. The molecular formula is C38H39BF18NO5+. The first-order valence-corrected chi connectivity index (χ1v) is 18.6. The van der Waals surface area contributed by atoms with Gasteiger partial charge in [0.1, 0.15) is 17.2 Å². The lowest BCUT2D eigenvalue weighted by Gasteiger charge is -2.53. The number of rotatable bonds is 17. The maximum atomic E-state index is 15.3. The molecule has 0 aromatic heterocycles. The van der Waals surface area contributed by atoms with E-state index in [1.807, 2.05) is 0 Å². The van der Waals surface area contributed by atoms with Gasteiger partial charge in [0, 0.05) is 13.8 Å². The molecule has 354 valence electrons. The summed E-state index contributed by atoms with van der Waals surface area (Å²) in [6.45, 7) is 7.49. The molecule has 0 aliphatic rings. The van der Waals surface area contributed by atoms with E-state index in [0.717, 1.165) is 6.92 Å². The first-order chi connectivity index (χ1) is 28.6. The van der Waals surface area contributed by atoms with Gasteiger partial charge in [0.05, 0.1) is 65.2 Å². The molecule has 0 aliphatic carbocycles. The van der Waals surface area contributed by atoms with Crippen LogP contribution >= 0.6 is 0 Å². The van der Waals surface area contributed by atoms with Crippen LogP contribution in [0, 0.1) is 0 Å². The molecule has 25 heteroatoms. The number of quaternary nitrogens is 1. The van der Waals surface area contributed by atoms with Crippen LogP contribution in [0.1, 0.15) is 93.3 Å². The summed E-state index contributed by atoms with van der Waals surface area (Å²) in [6.07, 6.45) is -34.8. The topological polar surface area (TPSA) is 46.2 Å². The third-order valence-corrected chi connectivity index (χ3v) is 9.83. The molecule has 3 rings (SSSR count). The van der Waals surface area contributed by atoms with E-state index in [-0.39, 0.29) is 62.5 Å². The molecule has 0 aliphatic heterocycles. The van der Waals surface area contributed by atoms with Crippen LogP contribution in [0.3, 0.4) is 0 Å². The Morgan fingerprint density at radius 3 is 1.17 bits per heavy atom. The standard InChI is InChI=1S/C38H39BF18NO5/c1-7-11-59-21(5)58(9-3,10-4)32(6,60-12-8-2)31-29(38(55,56)57)19-26(37(52,53)54)20-30(31)63-39(61-27-15-22(33(40,41)42)13-23(16-27)34(43,44)45)62-28-17-24(35(46,47)48)14-25(18-28)36(49,50)51/h13-21H,7-12H2,1-6H3/q+1. The minimum Gasteiger partial charge on any atom is -0.490 e. The molecule has 0 saturated carbocycles. The molecule has 0 saturated heterocycles. The van der Waals surface area contributed by atoms with E-state index in [9.17, 15) is 65.9 Å². The van der Waals surface area contributed by atoms with Crippen molar-refractivity contribution >= 4 is 7.32 Å². The quantitative estimate of drug-likeness (QED) is 0.0584. The molecule has 0 spiro atoms. The number of nitrogens with zero attached hydrogens (tertiary/aromatic N) is 1. The van der Waals surface area contributed by atoms with Crippen molar-refractivity contribution in [3.05, 3.63) is 87.5 Å². The van der Waals surface area contributed by atoms with Gasteiger partial charge in [-0.15, -0.1) is 0 Å². The normalized spacial score (nSPS) is 14.9. The molecule has 0 N–H and O–H groups in total. The Balaban J connectivity index is 2.63. The van der Waals surface area contributed by atoms with Crippen LogP contribution in [0.25, 0.3) is 0 Å².